The van der Waals surface area contributed by atoms with Crippen LogP contribution in [0.2, 0.25) is 0 Å². The normalized spacial score (nSPS) is 18.9. The lowest BCUT2D eigenvalue weighted by atomic mass is 9.99. The summed E-state index contributed by atoms with van der Waals surface area (Å²) in [4.78, 5) is 20.1. The zero-order chi connectivity index (χ0) is 16.4. The summed E-state index contributed by atoms with van der Waals surface area (Å²) in [5, 5.41) is 2.88. The third kappa shape index (κ3) is 4.85. The summed E-state index contributed by atoms with van der Waals surface area (Å²) in [7, 11) is 0. The van der Waals surface area contributed by atoms with Crippen LogP contribution >= 0.6 is 24.8 Å². The highest BCUT2D eigenvalue weighted by Gasteiger charge is 2.22. The molecule has 1 fully saturated rings. The monoisotopic (exact) mass is 388 g/mol. The number of H-pyrrole nitrogens is 1. The van der Waals surface area contributed by atoms with Crippen LogP contribution in [-0.4, -0.2) is 28.5 Å². The van der Waals surface area contributed by atoms with Crippen LogP contribution in [0, 0.1) is 5.92 Å². The Morgan fingerprint density at radius 1 is 1.48 bits per heavy atom. The smallest absolute Gasteiger partial charge is 0.241 e. The Bertz CT molecular complexity index is 701. The molecular formula is C17H26Cl2N4O2. The first-order valence-corrected chi connectivity index (χ1v) is 8.26. The van der Waals surface area contributed by atoms with Gasteiger partial charge in [-0.3, -0.25) is 4.79 Å². The molecule has 1 aliphatic heterocycles. The summed E-state index contributed by atoms with van der Waals surface area (Å²) in [5.41, 5.74) is 8.46. The predicted molar refractivity (Wildman–Crippen MR) is 105 cm³/mol. The maximum atomic E-state index is 12.2. The molecule has 0 saturated carbocycles. The van der Waals surface area contributed by atoms with Crippen LogP contribution < -0.4 is 11.1 Å². The van der Waals surface area contributed by atoms with E-state index >= 15 is 0 Å². The van der Waals surface area contributed by atoms with Crippen molar-refractivity contribution in [2.45, 2.75) is 45.3 Å². The lowest BCUT2D eigenvalue weighted by Crippen LogP contribution is -2.40. The van der Waals surface area contributed by atoms with Crippen molar-refractivity contribution in [3.8, 4) is 0 Å². The molecule has 1 amide bonds. The summed E-state index contributed by atoms with van der Waals surface area (Å²) >= 11 is 0. The number of rotatable bonds is 5. The third-order valence-electron chi connectivity index (χ3n) is 4.56. The Morgan fingerprint density at radius 2 is 2.24 bits per heavy atom. The van der Waals surface area contributed by atoms with Crippen molar-refractivity contribution in [2.75, 3.05) is 11.9 Å². The number of halogens is 2. The molecule has 3 unspecified atom stereocenters. The highest BCUT2D eigenvalue weighted by Crippen LogP contribution is 2.28. The fourth-order valence-electron chi connectivity index (χ4n) is 2.79. The van der Waals surface area contributed by atoms with Gasteiger partial charge in [-0.15, -0.1) is 24.8 Å². The van der Waals surface area contributed by atoms with Gasteiger partial charge in [-0.05, 0) is 37.0 Å². The second-order valence-electron chi connectivity index (χ2n) is 6.26. The number of amides is 1. The van der Waals surface area contributed by atoms with Crippen molar-refractivity contribution in [1.82, 2.24) is 9.97 Å². The molecule has 25 heavy (non-hydrogen) atoms. The van der Waals surface area contributed by atoms with Crippen molar-refractivity contribution in [3.05, 3.63) is 24.0 Å². The summed E-state index contributed by atoms with van der Waals surface area (Å²) < 4.78 is 5.65. The van der Waals surface area contributed by atoms with Gasteiger partial charge < -0.3 is 20.8 Å². The van der Waals surface area contributed by atoms with Gasteiger partial charge in [0, 0.05) is 12.3 Å². The highest BCUT2D eigenvalue weighted by molar-refractivity contribution is 5.96. The van der Waals surface area contributed by atoms with Crippen LogP contribution in [0.15, 0.2) is 18.2 Å². The van der Waals surface area contributed by atoms with E-state index in [-0.39, 0.29) is 42.7 Å². The number of aromatic nitrogens is 2. The van der Waals surface area contributed by atoms with Gasteiger partial charge in [0.05, 0.1) is 17.1 Å². The summed E-state index contributed by atoms with van der Waals surface area (Å²) in [6.07, 6.45) is 2.99. The van der Waals surface area contributed by atoms with Gasteiger partial charge >= 0.3 is 0 Å². The molecule has 3 rings (SSSR count). The molecular weight excluding hydrogens is 363 g/mol. The average molecular weight is 389 g/mol. The Balaban J connectivity index is 0.00000156. The number of hydrogen-bond donors (Lipinski definition) is 3. The van der Waals surface area contributed by atoms with E-state index in [9.17, 15) is 4.79 Å². The first-order valence-electron chi connectivity index (χ1n) is 8.26. The summed E-state index contributed by atoms with van der Waals surface area (Å²) in [5.74, 6) is 0.854. The number of ether oxygens (including phenoxy) is 1. The lowest BCUT2D eigenvalue weighted by Gasteiger charge is -2.17. The van der Waals surface area contributed by atoms with E-state index in [2.05, 4.69) is 15.3 Å². The Labute approximate surface area is 160 Å². The number of imidazole rings is 1. The van der Waals surface area contributed by atoms with Crippen LogP contribution in [-0.2, 0) is 9.53 Å². The Hall–Kier alpha value is -1.34. The first-order chi connectivity index (χ1) is 11.1. The fraction of sp³-hybridized carbons (Fsp3) is 0.529. The third-order valence-corrected chi connectivity index (χ3v) is 4.56. The molecule has 3 atom stereocenters. The van der Waals surface area contributed by atoms with Gasteiger partial charge in [-0.2, -0.15) is 0 Å². The van der Waals surface area contributed by atoms with Gasteiger partial charge in [0.25, 0.3) is 0 Å². The topological polar surface area (TPSA) is 93.0 Å². The molecule has 4 N–H and O–H groups in total. The average Bonchev–Trinajstić information content (AvgIpc) is 3.21. The molecule has 1 aliphatic rings. The van der Waals surface area contributed by atoms with Crippen LogP contribution in [0.5, 0.6) is 0 Å². The Morgan fingerprint density at radius 3 is 2.88 bits per heavy atom. The number of hydrogen-bond acceptors (Lipinski definition) is 4. The molecule has 8 heteroatoms. The molecule has 2 heterocycles. The molecule has 0 aliphatic carbocycles. The summed E-state index contributed by atoms with van der Waals surface area (Å²) in [6.45, 7) is 4.80. The molecule has 1 aromatic carbocycles. The number of nitrogens with two attached hydrogens (primary N) is 1. The number of nitrogens with zero attached hydrogens (tertiary/aromatic N) is 1. The summed E-state index contributed by atoms with van der Waals surface area (Å²) in [6, 6.07) is 5.14. The van der Waals surface area contributed by atoms with Crippen LogP contribution in [0.1, 0.15) is 45.0 Å². The largest absolute Gasteiger partial charge is 0.370 e. The van der Waals surface area contributed by atoms with E-state index in [0.29, 0.717) is 0 Å². The Kier molecular flexibility index (Phi) is 8.15. The second kappa shape index (κ2) is 9.38. The SMILES string of the molecule is CCC(C)C(N)C(=O)Nc1ccc2nc(C3CCCO3)[nH]c2c1.Cl.Cl. The second-order valence-corrected chi connectivity index (χ2v) is 6.26. The van der Waals surface area contributed by atoms with Crippen molar-refractivity contribution in [2.24, 2.45) is 11.7 Å². The molecule has 0 spiro atoms. The number of carbonyl (C=O) groups is 1. The van der Waals surface area contributed by atoms with Crippen LogP contribution in [0.25, 0.3) is 11.0 Å². The van der Waals surface area contributed by atoms with Crippen molar-refractivity contribution < 1.29 is 9.53 Å². The molecule has 1 aromatic heterocycles. The fourth-order valence-corrected chi connectivity index (χ4v) is 2.79. The van der Waals surface area contributed by atoms with Gasteiger partial charge in [-0.1, -0.05) is 20.3 Å². The zero-order valence-electron chi connectivity index (χ0n) is 14.5. The number of carbonyl (C=O) groups excluding carboxylic acids is 1. The number of aromatic amines is 1. The quantitative estimate of drug-likeness (QED) is 0.729. The molecule has 0 radical (unpaired) electrons. The van der Waals surface area contributed by atoms with E-state index in [1.54, 1.807) is 0 Å². The molecule has 6 nitrogen and oxygen atoms in total. The standard InChI is InChI=1S/C17H24N4O2.2ClH/c1-3-10(2)15(18)17(22)19-11-6-7-12-13(9-11)21-16(20-12)14-5-4-8-23-14;;/h6-7,9-10,14-15H,3-5,8,18H2,1-2H3,(H,19,22)(H,20,21);2*1H. The minimum atomic E-state index is -0.500. The van der Waals surface area contributed by atoms with Gasteiger partial charge in [0.2, 0.25) is 5.91 Å². The van der Waals surface area contributed by atoms with Crippen molar-refractivity contribution in [1.29, 1.82) is 0 Å². The van der Waals surface area contributed by atoms with E-state index in [1.807, 2.05) is 32.0 Å². The minimum Gasteiger partial charge on any atom is -0.370 e. The molecule has 2 aromatic rings. The van der Waals surface area contributed by atoms with E-state index < -0.39 is 6.04 Å². The van der Waals surface area contributed by atoms with E-state index in [4.69, 9.17) is 10.5 Å². The zero-order valence-corrected chi connectivity index (χ0v) is 16.1. The highest BCUT2D eigenvalue weighted by atomic mass is 35.5. The molecule has 140 valence electrons. The number of benzene rings is 1. The lowest BCUT2D eigenvalue weighted by molar-refractivity contribution is -0.118. The molecule has 0 bridgehead atoms. The van der Waals surface area contributed by atoms with Crippen LogP contribution in [0.4, 0.5) is 5.69 Å². The number of fused-ring (bicyclic) bond motifs is 1. The molecule has 1 saturated heterocycles. The first kappa shape index (κ1) is 21.7. The van der Waals surface area contributed by atoms with Crippen molar-refractivity contribution in [3.63, 3.8) is 0 Å². The van der Waals surface area contributed by atoms with Gasteiger partial charge in [-0.25, -0.2) is 4.98 Å². The number of anilines is 1. The predicted octanol–water partition coefficient (Wildman–Crippen LogP) is 3.57. The van der Waals surface area contributed by atoms with E-state index in [1.165, 1.54) is 0 Å². The van der Waals surface area contributed by atoms with Gasteiger partial charge in [0.15, 0.2) is 0 Å². The maximum absolute atomic E-state index is 12.2. The number of nitrogens with one attached hydrogen (secondary N) is 2. The van der Waals surface area contributed by atoms with Gasteiger partial charge in [0.1, 0.15) is 11.9 Å². The van der Waals surface area contributed by atoms with Crippen molar-refractivity contribution >= 4 is 47.4 Å². The van der Waals surface area contributed by atoms with Crippen LogP contribution in [0.3, 0.4) is 0 Å². The minimum absolute atomic E-state index is 0. The maximum Gasteiger partial charge on any atom is 0.241 e. The van der Waals surface area contributed by atoms with E-state index in [0.717, 1.165) is 48.4 Å².